The van der Waals surface area contributed by atoms with E-state index in [0.29, 0.717) is 5.69 Å². The fourth-order valence-corrected chi connectivity index (χ4v) is 3.48. The summed E-state index contributed by atoms with van der Waals surface area (Å²) in [5.41, 5.74) is 1.56. The zero-order valence-corrected chi connectivity index (χ0v) is 17.9. The van der Waals surface area contributed by atoms with Crippen LogP contribution in [0.2, 0.25) is 0 Å². The van der Waals surface area contributed by atoms with Crippen LogP contribution in [0, 0.1) is 12.7 Å². The third-order valence-electron chi connectivity index (χ3n) is 4.34. The van der Waals surface area contributed by atoms with Crippen LogP contribution in [0.25, 0.3) is 5.82 Å². The van der Waals surface area contributed by atoms with Crippen molar-refractivity contribution in [1.82, 2.24) is 24.3 Å². The van der Waals surface area contributed by atoms with E-state index in [9.17, 15) is 19.1 Å². The number of carbonyl (C=O) groups is 1. The maximum absolute atomic E-state index is 14.9. The lowest BCUT2D eigenvalue weighted by atomic mass is 10.1. The molecule has 3 heterocycles. The highest BCUT2D eigenvalue weighted by Crippen LogP contribution is 2.24. The molecule has 0 atom stereocenters. The molecule has 0 aliphatic carbocycles. The molecule has 0 spiro atoms. The molecule has 0 aliphatic rings. The lowest BCUT2D eigenvalue weighted by Gasteiger charge is -2.14. The number of ketones is 1. The van der Waals surface area contributed by atoms with Crippen LogP contribution < -0.4 is 10.4 Å². The summed E-state index contributed by atoms with van der Waals surface area (Å²) >= 11 is 1.42. The monoisotopic (exact) mass is 435 g/mol. The van der Waals surface area contributed by atoms with Gasteiger partial charge in [-0.15, -0.1) is 16.4 Å². The fraction of sp³-hybridized carbons (Fsp3) is 0.421. The number of hydrogen-bond acceptors (Lipinski definition) is 8. The molecule has 0 aromatic carbocycles. The first kappa shape index (κ1) is 21.8. The van der Waals surface area contributed by atoms with Crippen LogP contribution in [0.4, 0.5) is 4.39 Å². The minimum absolute atomic E-state index is 0.0245. The van der Waals surface area contributed by atoms with Crippen LogP contribution in [-0.4, -0.2) is 41.3 Å². The summed E-state index contributed by atoms with van der Waals surface area (Å²) in [5, 5.41) is 13.4. The Bertz CT molecular complexity index is 1130. The van der Waals surface area contributed by atoms with E-state index in [1.165, 1.54) is 15.9 Å². The van der Waals surface area contributed by atoms with E-state index < -0.39 is 29.7 Å². The molecule has 0 bridgehead atoms. The molecular formula is C19H22FN5O4S. The number of ether oxygens (including phenoxy) is 1. The lowest BCUT2D eigenvalue weighted by Crippen LogP contribution is -2.26. The van der Waals surface area contributed by atoms with Gasteiger partial charge in [-0.2, -0.15) is 9.67 Å². The summed E-state index contributed by atoms with van der Waals surface area (Å²) in [4.78, 5) is 34.6. The van der Waals surface area contributed by atoms with Crippen molar-refractivity contribution < 1.29 is 19.0 Å². The van der Waals surface area contributed by atoms with Gasteiger partial charge in [0.1, 0.15) is 6.61 Å². The molecule has 0 unspecified atom stereocenters. The second kappa shape index (κ2) is 8.84. The highest BCUT2D eigenvalue weighted by Gasteiger charge is 2.24. The number of aryl methyl sites for hydroxylation is 1. The average Bonchev–Trinajstić information content (AvgIpc) is 3.24. The van der Waals surface area contributed by atoms with Crippen molar-refractivity contribution in [3.8, 4) is 11.7 Å². The summed E-state index contributed by atoms with van der Waals surface area (Å²) in [6.45, 7) is 6.79. The molecule has 11 heteroatoms. The molecule has 0 radical (unpaired) electrons. The van der Waals surface area contributed by atoms with Gasteiger partial charge in [0, 0.05) is 11.4 Å². The molecule has 0 amide bonds. The molecule has 0 fully saturated rings. The lowest BCUT2D eigenvalue weighted by molar-refractivity contribution is 0.0984. The number of rotatable bonds is 8. The van der Waals surface area contributed by atoms with E-state index in [2.05, 4.69) is 15.1 Å². The predicted octanol–water partition coefficient (Wildman–Crippen LogP) is 2.06. The van der Waals surface area contributed by atoms with E-state index in [-0.39, 0.29) is 36.3 Å². The third-order valence-corrected chi connectivity index (χ3v) is 5.14. The molecule has 3 aromatic heterocycles. The molecule has 3 rings (SSSR count). The number of nitrogens with zero attached hydrogens (tertiary/aromatic N) is 5. The van der Waals surface area contributed by atoms with Crippen molar-refractivity contribution in [2.45, 2.75) is 53.4 Å². The van der Waals surface area contributed by atoms with Gasteiger partial charge in [0.05, 0.1) is 29.3 Å². The Balaban J connectivity index is 2.10. The number of halogens is 1. The SMILES string of the molecule is CCn1c(CO)nn(-c2nc(OC(C)C)c(C(=O)Cc3ncsc3C)cc2F)c1=O. The first-order valence-electron chi connectivity index (χ1n) is 9.36. The Hall–Kier alpha value is -2.92. The van der Waals surface area contributed by atoms with Crippen molar-refractivity contribution >= 4 is 17.1 Å². The van der Waals surface area contributed by atoms with Gasteiger partial charge in [0.15, 0.2) is 23.2 Å². The zero-order chi connectivity index (χ0) is 22.0. The zero-order valence-electron chi connectivity index (χ0n) is 17.0. The largest absolute Gasteiger partial charge is 0.474 e. The van der Waals surface area contributed by atoms with Crippen molar-refractivity contribution in [2.75, 3.05) is 0 Å². The molecule has 3 aromatic rings. The Morgan fingerprint density at radius 3 is 2.67 bits per heavy atom. The predicted molar refractivity (Wildman–Crippen MR) is 108 cm³/mol. The van der Waals surface area contributed by atoms with Gasteiger partial charge >= 0.3 is 5.69 Å². The maximum Gasteiger partial charge on any atom is 0.352 e. The van der Waals surface area contributed by atoms with Gasteiger partial charge in [-0.3, -0.25) is 9.36 Å². The molecular weight excluding hydrogens is 413 g/mol. The molecule has 9 nitrogen and oxygen atoms in total. The van der Waals surface area contributed by atoms with Gasteiger partial charge in [-0.25, -0.2) is 14.2 Å². The Morgan fingerprint density at radius 1 is 1.40 bits per heavy atom. The van der Waals surface area contributed by atoms with E-state index in [4.69, 9.17) is 4.74 Å². The van der Waals surface area contributed by atoms with Gasteiger partial charge in [0.25, 0.3) is 0 Å². The van der Waals surface area contributed by atoms with Crippen LogP contribution in [0.3, 0.4) is 0 Å². The molecule has 0 saturated carbocycles. The Kier molecular flexibility index (Phi) is 6.42. The normalized spacial score (nSPS) is 11.3. The second-order valence-electron chi connectivity index (χ2n) is 6.78. The fourth-order valence-electron chi connectivity index (χ4n) is 2.88. The summed E-state index contributed by atoms with van der Waals surface area (Å²) in [5.74, 6) is -1.73. The van der Waals surface area contributed by atoms with Crippen molar-refractivity contribution in [3.63, 3.8) is 0 Å². The summed E-state index contributed by atoms with van der Waals surface area (Å²) in [6.07, 6.45) is -0.371. The van der Waals surface area contributed by atoms with Crippen LogP contribution in [0.1, 0.15) is 47.5 Å². The summed E-state index contributed by atoms with van der Waals surface area (Å²) in [6, 6.07) is 1.00. The Labute approximate surface area is 175 Å². The Morgan fingerprint density at radius 2 is 2.13 bits per heavy atom. The minimum Gasteiger partial charge on any atom is -0.474 e. The molecule has 160 valence electrons. The van der Waals surface area contributed by atoms with E-state index >= 15 is 0 Å². The van der Waals surface area contributed by atoms with Crippen LogP contribution in [-0.2, 0) is 19.6 Å². The molecule has 0 aliphatic heterocycles. The molecule has 0 saturated heterocycles. The number of thiazole rings is 1. The van der Waals surface area contributed by atoms with Gasteiger partial charge in [-0.1, -0.05) is 0 Å². The quantitative estimate of drug-likeness (QED) is 0.539. The first-order valence-corrected chi connectivity index (χ1v) is 10.2. The summed E-state index contributed by atoms with van der Waals surface area (Å²) in [7, 11) is 0. The van der Waals surface area contributed by atoms with Gasteiger partial charge in [0.2, 0.25) is 5.88 Å². The highest BCUT2D eigenvalue weighted by atomic mass is 32.1. The van der Waals surface area contributed by atoms with Gasteiger partial charge in [-0.05, 0) is 33.8 Å². The number of hydrogen-bond donors (Lipinski definition) is 1. The topological polar surface area (TPSA) is 112 Å². The second-order valence-corrected chi connectivity index (χ2v) is 7.84. The van der Waals surface area contributed by atoms with Crippen molar-refractivity contribution in [3.05, 3.63) is 49.8 Å². The first-order chi connectivity index (χ1) is 14.3. The minimum atomic E-state index is -0.906. The number of carbonyl (C=O) groups excluding carboxylic acids is 1. The number of aliphatic hydroxyl groups excluding tert-OH is 1. The van der Waals surface area contributed by atoms with Crippen LogP contribution in [0.15, 0.2) is 16.4 Å². The number of aliphatic hydroxyl groups is 1. The maximum atomic E-state index is 14.9. The van der Waals surface area contributed by atoms with Crippen molar-refractivity contribution in [1.29, 1.82) is 0 Å². The molecule has 30 heavy (non-hydrogen) atoms. The number of pyridine rings is 1. The van der Waals surface area contributed by atoms with Crippen LogP contribution in [0.5, 0.6) is 5.88 Å². The van der Waals surface area contributed by atoms with Gasteiger partial charge < -0.3 is 9.84 Å². The third kappa shape index (κ3) is 4.17. The van der Waals surface area contributed by atoms with E-state index in [1.54, 1.807) is 26.3 Å². The highest BCUT2D eigenvalue weighted by molar-refractivity contribution is 7.09. The average molecular weight is 435 g/mol. The number of Topliss-reactive ketones (excluding diaryl/α,β-unsaturated/α-hetero) is 1. The smallest absolute Gasteiger partial charge is 0.352 e. The summed E-state index contributed by atoms with van der Waals surface area (Å²) < 4.78 is 22.6. The van der Waals surface area contributed by atoms with E-state index in [0.717, 1.165) is 15.6 Å². The number of aromatic nitrogens is 5. The van der Waals surface area contributed by atoms with Crippen molar-refractivity contribution in [2.24, 2.45) is 0 Å². The standard InChI is InChI=1S/C19H22FN5O4S/c1-5-24-16(8-26)23-25(19(24)28)17-13(20)6-12(18(22-17)29-10(2)3)15(27)7-14-11(4)30-9-21-14/h6,9-10,26H,5,7-8H2,1-4H3. The molecule has 1 N–H and O–H groups in total. The van der Waals surface area contributed by atoms with Crippen LogP contribution >= 0.6 is 11.3 Å². The van der Waals surface area contributed by atoms with E-state index in [1.807, 2.05) is 6.92 Å².